The normalized spacial score (nSPS) is 23.3. The smallest absolute Gasteiger partial charge is 0.264 e. The van der Waals surface area contributed by atoms with E-state index in [-0.39, 0.29) is 17.6 Å². The standard InChI is InChI=1S/C21H22ClN7O/c1-27-9-13-15(26-27)5-4-11(18(13)22)12-8-24-19-17(12)20(30)28(2)21(25-19)29-10-3-6-16(29)14(23)7-10/h4-5,8-10,14,16,24H,3,6-7,23H2,1-2H3/t10-,14+,16?/m0/s1. The average molecular weight is 424 g/mol. The molecule has 6 rings (SSSR count). The summed E-state index contributed by atoms with van der Waals surface area (Å²) in [4.78, 5) is 23.7. The second-order valence-corrected chi connectivity index (χ2v) is 8.85. The zero-order valence-electron chi connectivity index (χ0n) is 16.8. The summed E-state index contributed by atoms with van der Waals surface area (Å²) in [5.41, 5.74) is 9.15. The van der Waals surface area contributed by atoms with Crippen molar-refractivity contribution in [2.45, 2.75) is 37.4 Å². The van der Waals surface area contributed by atoms with E-state index >= 15 is 0 Å². The molecule has 2 aliphatic heterocycles. The Morgan fingerprint density at radius 2 is 2.07 bits per heavy atom. The molecule has 0 aliphatic carbocycles. The Balaban J connectivity index is 1.55. The molecule has 3 aromatic heterocycles. The molecular weight excluding hydrogens is 402 g/mol. The van der Waals surface area contributed by atoms with Crippen LogP contribution in [-0.2, 0) is 14.1 Å². The Kier molecular flexibility index (Phi) is 3.65. The first-order chi connectivity index (χ1) is 14.4. The van der Waals surface area contributed by atoms with Crippen LogP contribution in [0.25, 0.3) is 33.1 Å². The SMILES string of the molecule is Cn1cc2c(Cl)c(-c3c[nH]c4nc(N5C6CC[C@H]5C[C@H]6N)n(C)c(=O)c34)ccc2n1. The van der Waals surface area contributed by atoms with Gasteiger partial charge < -0.3 is 15.6 Å². The van der Waals surface area contributed by atoms with Crippen LogP contribution < -0.4 is 16.2 Å². The molecule has 0 amide bonds. The Morgan fingerprint density at radius 1 is 1.23 bits per heavy atom. The minimum Gasteiger partial charge on any atom is -0.345 e. The number of halogens is 1. The van der Waals surface area contributed by atoms with E-state index in [9.17, 15) is 4.79 Å². The number of aromatic amines is 1. The van der Waals surface area contributed by atoms with E-state index in [4.69, 9.17) is 22.3 Å². The second-order valence-electron chi connectivity index (χ2n) is 8.47. The fraction of sp³-hybridized carbons (Fsp3) is 0.381. The molecule has 0 radical (unpaired) electrons. The summed E-state index contributed by atoms with van der Waals surface area (Å²) >= 11 is 6.72. The molecule has 30 heavy (non-hydrogen) atoms. The van der Waals surface area contributed by atoms with Gasteiger partial charge in [0.25, 0.3) is 5.56 Å². The number of aryl methyl sites for hydroxylation is 1. The lowest BCUT2D eigenvalue weighted by Crippen LogP contribution is -2.40. The summed E-state index contributed by atoms with van der Waals surface area (Å²) in [5, 5.41) is 6.38. The van der Waals surface area contributed by atoms with Crippen molar-refractivity contribution in [3.63, 3.8) is 0 Å². The summed E-state index contributed by atoms with van der Waals surface area (Å²) in [6.45, 7) is 0. The fourth-order valence-corrected chi connectivity index (χ4v) is 5.64. The van der Waals surface area contributed by atoms with Crippen molar-refractivity contribution in [3.8, 4) is 11.1 Å². The lowest BCUT2D eigenvalue weighted by Gasteiger charge is -2.25. The second kappa shape index (κ2) is 6.09. The average Bonchev–Trinajstić information content (AvgIpc) is 3.46. The summed E-state index contributed by atoms with van der Waals surface area (Å²) in [6, 6.07) is 4.58. The molecule has 2 aliphatic rings. The molecule has 5 heterocycles. The van der Waals surface area contributed by atoms with Gasteiger partial charge in [-0.3, -0.25) is 14.0 Å². The molecule has 3 N–H and O–H groups in total. The van der Waals surface area contributed by atoms with Gasteiger partial charge in [-0.1, -0.05) is 17.7 Å². The van der Waals surface area contributed by atoms with Gasteiger partial charge in [-0.2, -0.15) is 10.1 Å². The number of H-pyrrole nitrogens is 1. The molecule has 154 valence electrons. The summed E-state index contributed by atoms with van der Waals surface area (Å²) in [7, 11) is 3.65. The molecule has 2 fully saturated rings. The lowest BCUT2D eigenvalue weighted by molar-refractivity contribution is 0.503. The van der Waals surface area contributed by atoms with E-state index in [0.717, 1.165) is 41.3 Å². The van der Waals surface area contributed by atoms with E-state index in [0.29, 0.717) is 28.0 Å². The maximum Gasteiger partial charge on any atom is 0.264 e. The highest BCUT2D eigenvalue weighted by molar-refractivity contribution is 6.38. The number of nitrogens with one attached hydrogen (secondary N) is 1. The summed E-state index contributed by atoms with van der Waals surface area (Å²) in [6.07, 6.45) is 6.81. The van der Waals surface area contributed by atoms with Gasteiger partial charge in [0.15, 0.2) is 0 Å². The van der Waals surface area contributed by atoms with Crippen LogP contribution in [0.5, 0.6) is 0 Å². The van der Waals surface area contributed by atoms with Crippen LogP contribution in [0.4, 0.5) is 5.95 Å². The molecule has 4 aromatic rings. The molecule has 3 atom stereocenters. The van der Waals surface area contributed by atoms with Crippen LogP contribution in [0.1, 0.15) is 19.3 Å². The number of aromatic nitrogens is 5. The van der Waals surface area contributed by atoms with E-state index in [1.54, 1.807) is 16.3 Å². The van der Waals surface area contributed by atoms with E-state index in [2.05, 4.69) is 15.0 Å². The van der Waals surface area contributed by atoms with Crippen molar-refractivity contribution >= 4 is 39.5 Å². The molecular formula is C21H22ClN7O. The molecule has 2 saturated heterocycles. The lowest BCUT2D eigenvalue weighted by atomic mass is 9.97. The minimum atomic E-state index is -0.0894. The number of hydrogen-bond donors (Lipinski definition) is 2. The van der Waals surface area contributed by atoms with E-state index in [1.165, 1.54) is 0 Å². The number of nitrogens with zero attached hydrogens (tertiary/aromatic N) is 5. The summed E-state index contributed by atoms with van der Waals surface area (Å²) < 4.78 is 3.39. The Bertz CT molecular complexity index is 1380. The van der Waals surface area contributed by atoms with Crippen LogP contribution in [0.3, 0.4) is 0 Å². The monoisotopic (exact) mass is 423 g/mol. The Morgan fingerprint density at radius 3 is 2.80 bits per heavy atom. The quantitative estimate of drug-likeness (QED) is 0.516. The van der Waals surface area contributed by atoms with E-state index < -0.39 is 0 Å². The number of rotatable bonds is 2. The Hall–Kier alpha value is -2.84. The highest BCUT2D eigenvalue weighted by atomic mass is 35.5. The first-order valence-electron chi connectivity index (χ1n) is 10.2. The fourth-order valence-electron chi connectivity index (χ4n) is 5.33. The van der Waals surface area contributed by atoms with Gasteiger partial charge in [0.05, 0.1) is 15.9 Å². The summed E-state index contributed by atoms with van der Waals surface area (Å²) in [5.74, 6) is 0.690. The van der Waals surface area contributed by atoms with Gasteiger partial charge in [0.2, 0.25) is 5.95 Å². The number of anilines is 1. The maximum atomic E-state index is 13.4. The predicted molar refractivity (Wildman–Crippen MR) is 118 cm³/mol. The van der Waals surface area contributed by atoms with E-state index in [1.807, 2.05) is 31.6 Å². The number of nitrogens with two attached hydrogens (primary N) is 1. The van der Waals surface area contributed by atoms with Gasteiger partial charge in [-0.15, -0.1) is 0 Å². The van der Waals surface area contributed by atoms with Crippen molar-refractivity contribution in [2.24, 2.45) is 19.8 Å². The molecule has 1 unspecified atom stereocenters. The van der Waals surface area contributed by atoms with Gasteiger partial charge >= 0.3 is 0 Å². The molecule has 2 bridgehead atoms. The molecule has 8 nitrogen and oxygen atoms in total. The predicted octanol–water partition coefficient (Wildman–Crippen LogP) is 2.54. The molecule has 1 aromatic carbocycles. The number of benzene rings is 1. The van der Waals surface area contributed by atoms with Crippen molar-refractivity contribution in [2.75, 3.05) is 4.90 Å². The zero-order chi connectivity index (χ0) is 20.7. The largest absolute Gasteiger partial charge is 0.345 e. The molecule has 0 spiro atoms. The third-order valence-electron chi connectivity index (χ3n) is 6.73. The molecule has 0 saturated carbocycles. The highest BCUT2D eigenvalue weighted by Gasteiger charge is 2.46. The van der Waals surface area contributed by atoms with Crippen LogP contribution >= 0.6 is 11.6 Å². The third-order valence-corrected chi connectivity index (χ3v) is 7.14. The Labute approximate surface area is 177 Å². The van der Waals surface area contributed by atoms with Crippen molar-refractivity contribution in [1.29, 1.82) is 0 Å². The first kappa shape index (κ1) is 18.0. The van der Waals surface area contributed by atoms with Gasteiger partial charge in [-0.25, -0.2) is 0 Å². The first-order valence-corrected chi connectivity index (χ1v) is 10.6. The van der Waals surface area contributed by atoms with Crippen molar-refractivity contribution in [3.05, 3.63) is 39.9 Å². The maximum absolute atomic E-state index is 13.4. The number of hydrogen-bond acceptors (Lipinski definition) is 5. The van der Waals surface area contributed by atoms with Gasteiger partial charge in [-0.05, 0) is 25.3 Å². The minimum absolute atomic E-state index is 0.0894. The highest BCUT2D eigenvalue weighted by Crippen LogP contribution is 2.40. The topological polar surface area (TPSA) is 97.8 Å². The van der Waals surface area contributed by atoms with Crippen LogP contribution in [0.2, 0.25) is 5.02 Å². The van der Waals surface area contributed by atoms with Crippen LogP contribution in [0.15, 0.2) is 29.3 Å². The van der Waals surface area contributed by atoms with Gasteiger partial charge in [0.1, 0.15) is 5.65 Å². The van der Waals surface area contributed by atoms with Crippen molar-refractivity contribution in [1.82, 2.24) is 24.3 Å². The van der Waals surface area contributed by atoms with Crippen LogP contribution in [-0.4, -0.2) is 42.4 Å². The van der Waals surface area contributed by atoms with Crippen LogP contribution in [0, 0.1) is 0 Å². The van der Waals surface area contributed by atoms with Gasteiger partial charge in [0, 0.05) is 61.1 Å². The number of fused-ring (bicyclic) bond motifs is 4. The third kappa shape index (κ3) is 2.29. The van der Waals surface area contributed by atoms with Crippen molar-refractivity contribution < 1.29 is 0 Å². The molecule has 9 heteroatoms. The zero-order valence-corrected chi connectivity index (χ0v) is 17.5.